The number of carboxylic acids is 1. The summed E-state index contributed by atoms with van der Waals surface area (Å²) < 4.78 is 0. The molecule has 0 atom stereocenters. The predicted octanol–water partition coefficient (Wildman–Crippen LogP) is 0.871. The van der Waals surface area contributed by atoms with Crippen molar-refractivity contribution in [1.29, 1.82) is 0 Å². The van der Waals surface area contributed by atoms with Crippen molar-refractivity contribution in [2.75, 3.05) is 0 Å². The minimum absolute atomic E-state index is 0. The molecule has 0 aliphatic heterocycles. The van der Waals surface area contributed by atoms with E-state index >= 15 is 0 Å². The zero-order chi connectivity index (χ0) is 4.99. The SMILES string of the molecule is CCCC(=O)O.[Ho]. The van der Waals surface area contributed by atoms with Crippen LogP contribution >= 0.6 is 0 Å². The standard InChI is InChI=1S/C4H8O2.Ho/c1-2-3-4(5)6;/h2-3H2,1H3,(H,5,6);. The Morgan fingerprint density at radius 2 is 2.14 bits per heavy atom. The fourth-order valence-electron chi connectivity index (χ4n) is 0.214. The molecule has 1 N–H and O–H groups in total. The van der Waals surface area contributed by atoms with Gasteiger partial charge in [0, 0.05) is 44.2 Å². The van der Waals surface area contributed by atoms with Crippen LogP contribution < -0.4 is 0 Å². The fourth-order valence-corrected chi connectivity index (χ4v) is 0.214. The van der Waals surface area contributed by atoms with Crippen LogP contribution in [0.15, 0.2) is 0 Å². The van der Waals surface area contributed by atoms with Crippen molar-refractivity contribution in [1.82, 2.24) is 0 Å². The zero-order valence-electron chi connectivity index (χ0n) is 4.07. The summed E-state index contributed by atoms with van der Waals surface area (Å²) in [4.78, 5) is 9.60. The van der Waals surface area contributed by atoms with Gasteiger partial charge >= 0.3 is 5.97 Å². The van der Waals surface area contributed by atoms with Crippen LogP contribution in [0.3, 0.4) is 0 Å². The number of hydrogen-bond donors (Lipinski definition) is 1. The first kappa shape index (κ1) is 10.7. The molecular weight excluding hydrogens is 245 g/mol. The molecule has 1 radical (unpaired) electrons. The molecule has 0 bridgehead atoms. The van der Waals surface area contributed by atoms with E-state index in [4.69, 9.17) is 5.11 Å². The van der Waals surface area contributed by atoms with Crippen molar-refractivity contribution >= 4 is 5.97 Å². The normalized spacial score (nSPS) is 7.00. The summed E-state index contributed by atoms with van der Waals surface area (Å²) in [7, 11) is 0. The number of hydrogen-bond acceptors (Lipinski definition) is 1. The van der Waals surface area contributed by atoms with Gasteiger partial charge in [0.25, 0.3) is 0 Å². The second kappa shape index (κ2) is 6.73. The van der Waals surface area contributed by atoms with Crippen LogP contribution in [0.5, 0.6) is 0 Å². The minimum atomic E-state index is -0.711. The quantitative estimate of drug-likeness (QED) is 0.741. The third-order valence-corrected chi connectivity index (χ3v) is 0.464. The van der Waals surface area contributed by atoms with Gasteiger partial charge in [-0.1, -0.05) is 6.92 Å². The Bertz CT molecular complexity index is 53.7. The van der Waals surface area contributed by atoms with Gasteiger partial charge in [-0.3, -0.25) is 4.79 Å². The first-order valence-electron chi connectivity index (χ1n) is 1.99. The Kier molecular flexibility index (Phi) is 10.3. The van der Waals surface area contributed by atoms with Crippen LogP contribution in [0, 0.1) is 37.7 Å². The summed E-state index contributed by atoms with van der Waals surface area (Å²) in [5.74, 6) is -0.711. The summed E-state index contributed by atoms with van der Waals surface area (Å²) >= 11 is 0. The van der Waals surface area contributed by atoms with Crippen molar-refractivity contribution in [2.24, 2.45) is 0 Å². The van der Waals surface area contributed by atoms with Gasteiger partial charge in [-0.05, 0) is 6.42 Å². The molecule has 0 aliphatic carbocycles. The first-order valence-corrected chi connectivity index (χ1v) is 1.99. The Hall–Kier alpha value is 0.730. The molecular formula is C4H8HoO2. The number of carbonyl (C=O) groups is 1. The summed E-state index contributed by atoms with van der Waals surface area (Å²) in [6, 6.07) is 0. The van der Waals surface area contributed by atoms with E-state index in [1.54, 1.807) is 0 Å². The van der Waals surface area contributed by atoms with Gasteiger partial charge in [0.05, 0.1) is 0 Å². The van der Waals surface area contributed by atoms with Crippen molar-refractivity contribution in [3.63, 3.8) is 0 Å². The molecule has 0 aromatic rings. The minimum Gasteiger partial charge on any atom is -0.481 e. The van der Waals surface area contributed by atoms with Gasteiger partial charge in [-0.2, -0.15) is 0 Å². The molecule has 0 aliphatic rings. The maximum atomic E-state index is 9.60. The molecule has 0 aromatic heterocycles. The van der Waals surface area contributed by atoms with Gasteiger partial charge in [0.15, 0.2) is 0 Å². The third-order valence-electron chi connectivity index (χ3n) is 0.464. The third kappa shape index (κ3) is 10.8. The van der Waals surface area contributed by atoms with E-state index in [2.05, 4.69) is 0 Å². The second-order valence-electron chi connectivity index (χ2n) is 1.14. The van der Waals surface area contributed by atoms with Gasteiger partial charge < -0.3 is 5.11 Å². The van der Waals surface area contributed by atoms with Crippen LogP contribution in [0.2, 0.25) is 0 Å². The number of aliphatic carboxylic acids is 1. The molecule has 47 valence electrons. The second-order valence-corrected chi connectivity index (χ2v) is 1.14. The Morgan fingerprint density at radius 1 is 1.71 bits per heavy atom. The van der Waals surface area contributed by atoms with Crippen molar-refractivity contribution in [3.8, 4) is 0 Å². The van der Waals surface area contributed by atoms with Crippen LogP contribution in [0.1, 0.15) is 19.8 Å². The fraction of sp³-hybridized carbons (Fsp3) is 0.750. The largest absolute Gasteiger partial charge is 0.481 e. The zero-order valence-corrected chi connectivity index (χ0v) is 6.01. The van der Waals surface area contributed by atoms with Gasteiger partial charge in [0.1, 0.15) is 0 Å². The Morgan fingerprint density at radius 3 is 2.14 bits per heavy atom. The maximum absolute atomic E-state index is 9.60. The molecule has 0 rings (SSSR count). The number of rotatable bonds is 2. The van der Waals surface area contributed by atoms with Gasteiger partial charge in [0.2, 0.25) is 0 Å². The summed E-state index contributed by atoms with van der Waals surface area (Å²) in [5, 5.41) is 7.91. The van der Waals surface area contributed by atoms with E-state index in [-0.39, 0.29) is 37.7 Å². The molecule has 3 heteroatoms. The molecule has 0 fully saturated rings. The van der Waals surface area contributed by atoms with Crippen LogP contribution in [0.4, 0.5) is 0 Å². The molecule has 0 saturated carbocycles. The molecule has 0 heterocycles. The summed E-state index contributed by atoms with van der Waals surface area (Å²) in [5.41, 5.74) is 0. The average Bonchev–Trinajstić information content (AvgIpc) is 1.35. The van der Waals surface area contributed by atoms with Crippen molar-refractivity contribution < 1.29 is 47.6 Å². The topological polar surface area (TPSA) is 37.3 Å². The van der Waals surface area contributed by atoms with E-state index in [9.17, 15) is 4.79 Å². The molecule has 0 saturated heterocycles. The molecule has 0 unspecified atom stereocenters. The Labute approximate surface area is 72.9 Å². The predicted molar refractivity (Wildman–Crippen MR) is 22.5 cm³/mol. The number of carboxylic acid groups (broad SMARTS) is 1. The van der Waals surface area contributed by atoms with E-state index in [1.165, 1.54) is 0 Å². The first-order chi connectivity index (χ1) is 2.77. The Balaban J connectivity index is 0. The van der Waals surface area contributed by atoms with E-state index in [0.717, 1.165) is 6.42 Å². The monoisotopic (exact) mass is 253 g/mol. The molecule has 2 nitrogen and oxygen atoms in total. The molecule has 0 aromatic carbocycles. The van der Waals surface area contributed by atoms with Gasteiger partial charge in [-0.25, -0.2) is 0 Å². The van der Waals surface area contributed by atoms with Gasteiger partial charge in [-0.15, -0.1) is 0 Å². The summed E-state index contributed by atoms with van der Waals surface area (Å²) in [6.07, 6.45) is 1.02. The van der Waals surface area contributed by atoms with Crippen molar-refractivity contribution in [3.05, 3.63) is 0 Å². The molecule has 0 spiro atoms. The van der Waals surface area contributed by atoms with E-state index < -0.39 is 5.97 Å². The smallest absolute Gasteiger partial charge is 0.303 e. The average molecular weight is 253 g/mol. The van der Waals surface area contributed by atoms with E-state index in [1.807, 2.05) is 6.92 Å². The van der Waals surface area contributed by atoms with E-state index in [0.29, 0.717) is 6.42 Å². The van der Waals surface area contributed by atoms with Crippen LogP contribution in [-0.2, 0) is 4.79 Å². The van der Waals surface area contributed by atoms with Crippen molar-refractivity contribution in [2.45, 2.75) is 19.8 Å². The molecule has 0 amide bonds. The maximum Gasteiger partial charge on any atom is 0.303 e. The van der Waals surface area contributed by atoms with Crippen LogP contribution in [0.25, 0.3) is 0 Å². The summed E-state index contributed by atoms with van der Waals surface area (Å²) in [6.45, 7) is 1.84. The molecule has 7 heavy (non-hydrogen) atoms. The van der Waals surface area contributed by atoms with Crippen LogP contribution in [-0.4, -0.2) is 11.1 Å².